The molecule has 3 aromatic carbocycles. The summed E-state index contributed by atoms with van der Waals surface area (Å²) >= 11 is 0. The third-order valence-electron chi connectivity index (χ3n) is 7.90. The number of nitrogens with one attached hydrogen (secondary N) is 1. The SMILES string of the molecule is COCC(C)(C)c1c(-c2ccc(C(=O)NCCN3CCOC3=O)cc2)c2cc3c(cc2n1-c1ccc(F)cc1)C=NC3. The highest BCUT2D eigenvalue weighted by atomic mass is 19.1. The van der Waals surface area contributed by atoms with Crippen LogP contribution in [0.4, 0.5) is 9.18 Å². The smallest absolute Gasteiger partial charge is 0.409 e. The Morgan fingerprint density at radius 2 is 1.88 bits per heavy atom. The van der Waals surface area contributed by atoms with Gasteiger partial charge in [-0.15, -0.1) is 0 Å². The Hall–Kier alpha value is -4.50. The number of rotatable bonds is 9. The van der Waals surface area contributed by atoms with Crippen LogP contribution in [0.1, 0.15) is 41.0 Å². The second kappa shape index (κ2) is 11.1. The molecule has 2 aliphatic rings. The van der Waals surface area contributed by atoms with E-state index < -0.39 is 5.41 Å². The van der Waals surface area contributed by atoms with Gasteiger partial charge < -0.3 is 24.3 Å². The molecule has 0 radical (unpaired) electrons. The Bertz CT molecular complexity index is 1690. The Morgan fingerprint density at radius 3 is 2.57 bits per heavy atom. The van der Waals surface area contributed by atoms with Crippen LogP contribution in [0.5, 0.6) is 0 Å². The number of aromatic nitrogens is 1. The summed E-state index contributed by atoms with van der Waals surface area (Å²) in [5, 5.41) is 3.95. The number of aliphatic imine (C=N–C) groups is 1. The van der Waals surface area contributed by atoms with Crippen LogP contribution in [0.3, 0.4) is 0 Å². The highest BCUT2D eigenvalue weighted by molar-refractivity contribution is 6.04. The predicted octanol–water partition coefficient (Wildman–Crippen LogP) is 5.48. The van der Waals surface area contributed by atoms with Gasteiger partial charge in [0.2, 0.25) is 0 Å². The van der Waals surface area contributed by atoms with Gasteiger partial charge in [-0.3, -0.25) is 9.79 Å². The summed E-state index contributed by atoms with van der Waals surface area (Å²) in [6.07, 6.45) is 1.55. The van der Waals surface area contributed by atoms with Crippen LogP contribution < -0.4 is 5.32 Å². The number of carbonyl (C=O) groups is 2. The molecule has 8 nitrogen and oxygen atoms in total. The zero-order chi connectivity index (χ0) is 29.4. The van der Waals surface area contributed by atoms with Gasteiger partial charge in [-0.05, 0) is 65.2 Å². The number of amides is 2. The number of nitrogens with zero attached hydrogens (tertiary/aromatic N) is 3. The van der Waals surface area contributed by atoms with Crippen LogP contribution >= 0.6 is 0 Å². The molecule has 9 heteroatoms. The molecule has 0 spiro atoms. The molecule has 0 bridgehead atoms. The van der Waals surface area contributed by atoms with Gasteiger partial charge in [0, 0.05) is 59.7 Å². The molecule has 6 rings (SSSR count). The number of halogens is 1. The summed E-state index contributed by atoms with van der Waals surface area (Å²) in [5.41, 5.74) is 7.17. The van der Waals surface area contributed by atoms with E-state index in [4.69, 9.17) is 9.47 Å². The third kappa shape index (κ3) is 5.05. The van der Waals surface area contributed by atoms with E-state index in [2.05, 4.69) is 40.9 Å². The lowest BCUT2D eigenvalue weighted by Crippen LogP contribution is -2.35. The Balaban J connectivity index is 1.43. The summed E-state index contributed by atoms with van der Waals surface area (Å²) in [6.45, 7) is 7.02. The first-order valence-electron chi connectivity index (χ1n) is 14.0. The maximum Gasteiger partial charge on any atom is 0.409 e. The van der Waals surface area contributed by atoms with Crippen LogP contribution in [-0.4, -0.2) is 67.6 Å². The van der Waals surface area contributed by atoms with Crippen molar-refractivity contribution < 1.29 is 23.5 Å². The number of fused-ring (bicyclic) bond motifs is 2. The van der Waals surface area contributed by atoms with Crippen molar-refractivity contribution in [2.24, 2.45) is 4.99 Å². The molecule has 1 fully saturated rings. The van der Waals surface area contributed by atoms with Gasteiger partial charge in [-0.2, -0.15) is 0 Å². The lowest BCUT2D eigenvalue weighted by molar-refractivity contribution is 0.0949. The lowest BCUT2D eigenvalue weighted by atomic mass is 9.84. The summed E-state index contributed by atoms with van der Waals surface area (Å²) in [4.78, 5) is 30.6. The fraction of sp³-hybridized carbons (Fsp3) is 0.303. The average molecular weight is 569 g/mol. The van der Waals surface area contributed by atoms with Gasteiger partial charge >= 0.3 is 6.09 Å². The number of cyclic esters (lactones) is 1. The number of benzene rings is 3. The quantitative estimate of drug-likeness (QED) is 0.290. The predicted molar refractivity (Wildman–Crippen MR) is 160 cm³/mol. The molecular formula is C33H33FN4O4. The van der Waals surface area contributed by atoms with E-state index in [1.807, 2.05) is 30.5 Å². The first-order chi connectivity index (χ1) is 20.3. The minimum atomic E-state index is -0.428. The van der Waals surface area contributed by atoms with Crippen molar-refractivity contribution >= 4 is 29.1 Å². The molecule has 0 saturated carbocycles. The maximum absolute atomic E-state index is 14.0. The molecule has 0 atom stereocenters. The molecule has 0 aliphatic carbocycles. The third-order valence-corrected chi connectivity index (χ3v) is 7.90. The van der Waals surface area contributed by atoms with E-state index in [0.29, 0.717) is 45.0 Å². The van der Waals surface area contributed by atoms with Crippen LogP contribution in [0, 0.1) is 5.82 Å². The lowest BCUT2D eigenvalue weighted by Gasteiger charge is -2.28. The molecule has 1 N–H and O–H groups in total. The summed E-state index contributed by atoms with van der Waals surface area (Å²) in [6, 6.07) is 18.5. The Kier molecular flexibility index (Phi) is 7.28. The first-order valence-corrected chi connectivity index (χ1v) is 14.0. The monoisotopic (exact) mass is 568 g/mol. The molecule has 2 amide bonds. The van der Waals surface area contributed by atoms with Gasteiger partial charge in [0.05, 0.1) is 25.2 Å². The highest BCUT2D eigenvalue weighted by Crippen LogP contribution is 2.44. The number of hydrogen-bond donors (Lipinski definition) is 1. The van der Waals surface area contributed by atoms with Crippen LogP contribution in [0.15, 0.2) is 65.7 Å². The highest BCUT2D eigenvalue weighted by Gasteiger charge is 2.33. The van der Waals surface area contributed by atoms with E-state index in [1.165, 1.54) is 12.1 Å². The maximum atomic E-state index is 14.0. The van der Waals surface area contributed by atoms with Crippen molar-refractivity contribution in [1.82, 2.24) is 14.8 Å². The van der Waals surface area contributed by atoms with Crippen LogP contribution in [0.25, 0.3) is 27.7 Å². The van der Waals surface area contributed by atoms with Gasteiger partial charge in [0.25, 0.3) is 5.91 Å². The zero-order valence-corrected chi connectivity index (χ0v) is 23.9. The van der Waals surface area contributed by atoms with Crippen LogP contribution in [-0.2, 0) is 21.4 Å². The van der Waals surface area contributed by atoms with E-state index >= 15 is 0 Å². The minimum absolute atomic E-state index is 0.210. The van der Waals surface area contributed by atoms with Gasteiger partial charge in [0.1, 0.15) is 12.4 Å². The van der Waals surface area contributed by atoms with Gasteiger partial charge in [-0.1, -0.05) is 26.0 Å². The van der Waals surface area contributed by atoms with Crippen molar-refractivity contribution in [2.75, 3.05) is 40.0 Å². The Morgan fingerprint density at radius 1 is 1.12 bits per heavy atom. The van der Waals surface area contributed by atoms with E-state index in [1.54, 1.807) is 24.1 Å². The van der Waals surface area contributed by atoms with Crippen molar-refractivity contribution in [2.45, 2.75) is 25.8 Å². The average Bonchev–Trinajstić information content (AvgIpc) is 3.69. The summed E-state index contributed by atoms with van der Waals surface area (Å²) in [7, 11) is 1.69. The number of methoxy groups -OCH3 is 1. The molecule has 42 heavy (non-hydrogen) atoms. The number of carbonyl (C=O) groups excluding carboxylic acids is 2. The van der Waals surface area contributed by atoms with Crippen molar-refractivity contribution in [1.29, 1.82) is 0 Å². The first kappa shape index (κ1) is 27.7. The molecule has 2 aliphatic heterocycles. The number of hydrogen-bond acceptors (Lipinski definition) is 5. The summed E-state index contributed by atoms with van der Waals surface area (Å²) < 4.78 is 26.8. The normalized spacial score (nSPS) is 14.5. The fourth-order valence-corrected chi connectivity index (χ4v) is 5.94. The molecule has 216 valence electrons. The Labute approximate surface area is 243 Å². The largest absolute Gasteiger partial charge is 0.448 e. The zero-order valence-electron chi connectivity index (χ0n) is 23.9. The summed E-state index contributed by atoms with van der Waals surface area (Å²) in [5.74, 6) is -0.506. The van der Waals surface area contributed by atoms with E-state index in [9.17, 15) is 14.0 Å². The van der Waals surface area contributed by atoms with Crippen LogP contribution in [0.2, 0.25) is 0 Å². The topological polar surface area (TPSA) is 85.2 Å². The van der Waals surface area contributed by atoms with Gasteiger partial charge in [0.15, 0.2) is 0 Å². The van der Waals surface area contributed by atoms with Gasteiger partial charge in [-0.25, -0.2) is 9.18 Å². The number of ether oxygens (including phenoxy) is 2. The molecule has 3 heterocycles. The standard InChI is InChI=1S/C33H33FN4O4/c1-33(2,20-41-3)30-29(21-4-6-22(7-5-21)31(39)36-12-13-37-14-15-42-32(37)40)27-16-23-18-35-19-24(23)17-28(27)38(30)26-10-8-25(34)9-11-26/h4-11,16-17,19H,12-15,18,20H2,1-3H3,(H,36,39). The van der Waals surface area contributed by atoms with E-state index in [-0.39, 0.29) is 17.8 Å². The molecular weight excluding hydrogens is 535 g/mol. The van der Waals surface area contributed by atoms with Crippen molar-refractivity contribution in [3.8, 4) is 16.8 Å². The molecule has 1 aromatic heterocycles. The van der Waals surface area contributed by atoms with Crippen molar-refractivity contribution in [3.05, 3.63) is 88.9 Å². The van der Waals surface area contributed by atoms with E-state index in [0.717, 1.165) is 44.5 Å². The molecule has 4 aromatic rings. The fourth-order valence-electron chi connectivity index (χ4n) is 5.94. The second-order valence-corrected chi connectivity index (χ2v) is 11.3. The molecule has 1 saturated heterocycles. The second-order valence-electron chi connectivity index (χ2n) is 11.3. The minimum Gasteiger partial charge on any atom is -0.448 e. The van der Waals surface area contributed by atoms with Crippen molar-refractivity contribution in [3.63, 3.8) is 0 Å². The molecule has 0 unspecified atom stereocenters.